The van der Waals surface area contributed by atoms with Gasteiger partial charge in [-0.2, -0.15) is 0 Å². The molecule has 96 valence electrons. The molecule has 1 aromatic heterocycles. The van der Waals surface area contributed by atoms with E-state index in [0.717, 1.165) is 24.1 Å². The number of fused-ring (bicyclic) bond motifs is 1. The Morgan fingerprint density at radius 3 is 2.68 bits per heavy atom. The Hall–Kier alpha value is -1.38. The number of carbonyl (C=O) groups is 1. The first kappa shape index (κ1) is 12.6. The molecule has 1 heterocycles. The summed E-state index contributed by atoms with van der Waals surface area (Å²) in [5.41, 5.74) is 2.61. The first-order chi connectivity index (χ1) is 9.15. The van der Waals surface area contributed by atoms with Crippen LogP contribution in [0.15, 0.2) is 36.5 Å². The number of Topliss-reactive ketones (excluding diaryl/α,β-unsaturated/α-hetero) is 1. The highest BCUT2D eigenvalue weighted by atomic mass is 35.5. The number of nitrogens with zero attached hydrogens (tertiary/aromatic N) is 1. The number of aryl methyl sites for hydroxylation is 1. The minimum atomic E-state index is -0.175. The van der Waals surface area contributed by atoms with Crippen LogP contribution in [0.3, 0.4) is 0 Å². The van der Waals surface area contributed by atoms with Crippen LogP contribution >= 0.6 is 23.2 Å². The van der Waals surface area contributed by atoms with E-state index in [1.165, 1.54) is 0 Å². The normalized spacial score (nSPS) is 17.3. The lowest BCUT2D eigenvalue weighted by molar-refractivity contribution is 0.0958. The lowest BCUT2D eigenvalue weighted by atomic mass is 9.95. The largest absolute Gasteiger partial charge is 0.293 e. The van der Waals surface area contributed by atoms with Gasteiger partial charge < -0.3 is 0 Å². The van der Waals surface area contributed by atoms with Gasteiger partial charge in [0.2, 0.25) is 0 Å². The van der Waals surface area contributed by atoms with E-state index in [2.05, 4.69) is 4.98 Å². The van der Waals surface area contributed by atoms with Crippen LogP contribution in [0.4, 0.5) is 0 Å². The maximum Gasteiger partial charge on any atom is 0.172 e. The topological polar surface area (TPSA) is 30.0 Å². The summed E-state index contributed by atoms with van der Waals surface area (Å²) < 4.78 is 0. The number of rotatable bonds is 2. The van der Waals surface area contributed by atoms with Crippen LogP contribution in [0.25, 0.3) is 0 Å². The second-order valence-corrected chi connectivity index (χ2v) is 5.53. The average molecular weight is 292 g/mol. The van der Waals surface area contributed by atoms with Gasteiger partial charge >= 0.3 is 0 Å². The van der Waals surface area contributed by atoms with Crippen molar-refractivity contribution in [1.82, 2.24) is 4.98 Å². The van der Waals surface area contributed by atoms with E-state index >= 15 is 0 Å². The lowest BCUT2D eigenvalue weighted by Crippen LogP contribution is -2.11. The molecule has 0 saturated carbocycles. The predicted molar refractivity (Wildman–Crippen MR) is 76.1 cm³/mol. The van der Waals surface area contributed by atoms with Gasteiger partial charge in [-0.1, -0.05) is 29.3 Å². The molecule has 1 unspecified atom stereocenters. The molecule has 1 aliphatic carbocycles. The number of benzene rings is 1. The van der Waals surface area contributed by atoms with Crippen molar-refractivity contribution in [3.05, 3.63) is 63.4 Å². The highest BCUT2D eigenvalue weighted by molar-refractivity contribution is 6.35. The lowest BCUT2D eigenvalue weighted by Gasteiger charge is -2.10. The number of hydrogen-bond acceptors (Lipinski definition) is 2. The van der Waals surface area contributed by atoms with Crippen LogP contribution in [0.1, 0.15) is 34.0 Å². The molecule has 0 spiro atoms. The highest BCUT2D eigenvalue weighted by Crippen LogP contribution is 2.34. The van der Waals surface area contributed by atoms with Crippen LogP contribution in [-0.4, -0.2) is 10.8 Å². The van der Waals surface area contributed by atoms with Gasteiger partial charge in [0.05, 0.1) is 11.6 Å². The number of pyridine rings is 1. The maximum atomic E-state index is 12.6. The number of carbonyl (C=O) groups excluding carboxylic acids is 1. The van der Waals surface area contributed by atoms with E-state index in [0.29, 0.717) is 15.6 Å². The van der Waals surface area contributed by atoms with Gasteiger partial charge in [-0.25, -0.2) is 0 Å². The maximum absolute atomic E-state index is 12.6. The number of hydrogen-bond donors (Lipinski definition) is 0. The van der Waals surface area contributed by atoms with Crippen molar-refractivity contribution >= 4 is 29.0 Å². The molecular weight excluding hydrogens is 281 g/mol. The van der Waals surface area contributed by atoms with Crippen LogP contribution in [0, 0.1) is 0 Å². The fraction of sp³-hybridized carbons (Fsp3) is 0.200. The molecule has 1 atom stereocenters. The Kier molecular flexibility index (Phi) is 3.29. The molecule has 0 bridgehead atoms. The number of halogens is 2. The Labute approximate surface area is 121 Å². The van der Waals surface area contributed by atoms with E-state index < -0.39 is 0 Å². The monoisotopic (exact) mass is 291 g/mol. The van der Waals surface area contributed by atoms with Crippen molar-refractivity contribution in [3.63, 3.8) is 0 Å². The predicted octanol–water partition coefficient (Wildman–Crippen LogP) is 4.30. The second-order valence-electron chi connectivity index (χ2n) is 4.66. The standard InChI is InChI=1S/C15H11Cl2NO/c16-11-6-10(7-12(17)8-11)15(19)13-4-3-9-2-1-5-18-14(9)13/h1-2,5-8,13H,3-4H2. The van der Waals surface area contributed by atoms with Gasteiger partial charge in [-0.05, 0) is 42.7 Å². The van der Waals surface area contributed by atoms with Crippen molar-refractivity contribution < 1.29 is 4.79 Å². The van der Waals surface area contributed by atoms with Gasteiger partial charge in [0.25, 0.3) is 0 Å². The molecule has 0 radical (unpaired) electrons. The zero-order valence-electron chi connectivity index (χ0n) is 10.1. The molecule has 0 N–H and O–H groups in total. The van der Waals surface area contributed by atoms with E-state index in [9.17, 15) is 4.79 Å². The van der Waals surface area contributed by atoms with E-state index in [4.69, 9.17) is 23.2 Å². The first-order valence-electron chi connectivity index (χ1n) is 6.09. The third-order valence-corrected chi connectivity index (χ3v) is 3.86. The van der Waals surface area contributed by atoms with Gasteiger partial charge in [0.15, 0.2) is 5.78 Å². The summed E-state index contributed by atoms with van der Waals surface area (Å²) in [6, 6.07) is 8.89. The first-order valence-corrected chi connectivity index (χ1v) is 6.85. The molecule has 0 fully saturated rings. The third kappa shape index (κ3) is 2.38. The molecular formula is C15H11Cl2NO. The summed E-state index contributed by atoms with van der Waals surface area (Å²) in [6.07, 6.45) is 3.43. The van der Waals surface area contributed by atoms with E-state index in [-0.39, 0.29) is 11.7 Å². The molecule has 0 amide bonds. The molecule has 2 aromatic rings. The average Bonchev–Trinajstić information content (AvgIpc) is 2.80. The number of aromatic nitrogens is 1. The van der Waals surface area contributed by atoms with Gasteiger partial charge in [0, 0.05) is 21.8 Å². The van der Waals surface area contributed by atoms with Crippen molar-refractivity contribution in [3.8, 4) is 0 Å². The van der Waals surface area contributed by atoms with Crippen molar-refractivity contribution in [2.45, 2.75) is 18.8 Å². The van der Waals surface area contributed by atoms with Crippen LogP contribution in [-0.2, 0) is 6.42 Å². The molecule has 1 aromatic carbocycles. The molecule has 4 heteroatoms. The Bertz CT molecular complexity index is 634. The number of ketones is 1. The molecule has 19 heavy (non-hydrogen) atoms. The minimum Gasteiger partial charge on any atom is -0.293 e. The summed E-state index contributed by atoms with van der Waals surface area (Å²) >= 11 is 11.9. The van der Waals surface area contributed by atoms with E-state index in [1.807, 2.05) is 12.1 Å². The zero-order chi connectivity index (χ0) is 13.4. The smallest absolute Gasteiger partial charge is 0.172 e. The fourth-order valence-electron chi connectivity index (χ4n) is 2.57. The van der Waals surface area contributed by atoms with Gasteiger partial charge in [0.1, 0.15) is 0 Å². The van der Waals surface area contributed by atoms with Gasteiger partial charge in [-0.3, -0.25) is 9.78 Å². The SMILES string of the molecule is O=C(c1cc(Cl)cc(Cl)c1)C1CCc2cccnc21. The van der Waals surface area contributed by atoms with Crippen molar-refractivity contribution in [2.75, 3.05) is 0 Å². The summed E-state index contributed by atoms with van der Waals surface area (Å²) in [5.74, 6) is -0.132. The van der Waals surface area contributed by atoms with Crippen LogP contribution < -0.4 is 0 Å². The third-order valence-electron chi connectivity index (χ3n) is 3.42. The van der Waals surface area contributed by atoms with E-state index in [1.54, 1.807) is 24.4 Å². The zero-order valence-corrected chi connectivity index (χ0v) is 11.6. The Balaban J connectivity index is 1.98. The quantitative estimate of drug-likeness (QED) is 0.772. The Morgan fingerprint density at radius 1 is 1.21 bits per heavy atom. The molecule has 3 rings (SSSR count). The molecule has 0 aliphatic heterocycles. The van der Waals surface area contributed by atoms with Crippen LogP contribution in [0.5, 0.6) is 0 Å². The summed E-state index contributed by atoms with van der Waals surface area (Å²) in [5, 5.41) is 0.963. The summed E-state index contributed by atoms with van der Waals surface area (Å²) in [4.78, 5) is 16.9. The van der Waals surface area contributed by atoms with Crippen molar-refractivity contribution in [2.24, 2.45) is 0 Å². The highest BCUT2D eigenvalue weighted by Gasteiger charge is 2.30. The molecule has 0 saturated heterocycles. The van der Waals surface area contributed by atoms with Crippen molar-refractivity contribution in [1.29, 1.82) is 0 Å². The fourth-order valence-corrected chi connectivity index (χ4v) is 3.09. The van der Waals surface area contributed by atoms with Crippen LogP contribution in [0.2, 0.25) is 10.0 Å². The minimum absolute atomic E-state index is 0.0434. The van der Waals surface area contributed by atoms with Gasteiger partial charge in [-0.15, -0.1) is 0 Å². The summed E-state index contributed by atoms with van der Waals surface area (Å²) in [6.45, 7) is 0. The Morgan fingerprint density at radius 2 is 1.95 bits per heavy atom. The molecule has 1 aliphatic rings. The molecule has 2 nitrogen and oxygen atoms in total. The summed E-state index contributed by atoms with van der Waals surface area (Å²) in [7, 11) is 0. The second kappa shape index (κ2) is 4.95.